The van der Waals surface area contributed by atoms with Crippen LogP contribution in [0.15, 0.2) is 0 Å². The Hall–Kier alpha value is -1.63. The molecule has 1 aliphatic rings. The van der Waals surface area contributed by atoms with Crippen molar-refractivity contribution in [3.05, 3.63) is 0 Å². The lowest BCUT2D eigenvalue weighted by atomic mass is 9.91. The Morgan fingerprint density at radius 3 is 2.55 bits per heavy atom. The second-order valence-electron chi connectivity index (χ2n) is 4.78. The molecule has 0 aromatic carbocycles. The molecule has 114 valence electrons. The number of hydrogen-bond acceptors (Lipinski definition) is 4. The van der Waals surface area contributed by atoms with Crippen LogP contribution in [0.2, 0.25) is 0 Å². The molecule has 1 rings (SSSR count). The van der Waals surface area contributed by atoms with Gasteiger partial charge < -0.3 is 15.0 Å². The summed E-state index contributed by atoms with van der Waals surface area (Å²) >= 11 is 0. The largest absolute Gasteiger partial charge is 0.385 e. The van der Waals surface area contributed by atoms with Crippen LogP contribution in [0, 0.1) is 0 Å². The fraction of sp³-hybridized carbons (Fsp3) is 0.769. The summed E-state index contributed by atoms with van der Waals surface area (Å²) in [4.78, 5) is 36.9. The zero-order valence-electron chi connectivity index (χ0n) is 12.3. The Kier molecular flexibility index (Phi) is 5.94. The molecule has 0 aliphatic carbocycles. The fourth-order valence-corrected chi connectivity index (χ4v) is 2.42. The van der Waals surface area contributed by atoms with Crippen molar-refractivity contribution in [1.82, 2.24) is 15.5 Å². The van der Waals surface area contributed by atoms with Crippen LogP contribution < -0.4 is 10.6 Å². The third-order valence-corrected chi connectivity index (χ3v) is 3.72. The van der Waals surface area contributed by atoms with Crippen LogP contribution in [-0.2, 0) is 14.3 Å². The van der Waals surface area contributed by atoms with Crippen LogP contribution in [0.1, 0.15) is 33.1 Å². The van der Waals surface area contributed by atoms with E-state index in [2.05, 4.69) is 10.6 Å². The van der Waals surface area contributed by atoms with Gasteiger partial charge in [-0.25, -0.2) is 4.79 Å². The van der Waals surface area contributed by atoms with Crippen molar-refractivity contribution >= 4 is 17.8 Å². The van der Waals surface area contributed by atoms with Crippen molar-refractivity contribution in [2.24, 2.45) is 0 Å². The molecule has 1 fully saturated rings. The van der Waals surface area contributed by atoms with Crippen LogP contribution in [0.4, 0.5) is 4.79 Å². The Morgan fingerprint density at radius 1 is 1.35 bits per heavy atom. The van der Waals surface area contributed by atoms with Crippen molar-refractivity contribution in [3.63, 3.8) is 0 Å². The SMILES string of the molecule is CCC1(CC)C(=O)NC(=O)N1CC(=O)NCCCOC. The van der Waals surface area contributed by atoms with Gasteiger partial charge in [0.15, 0.2) is 0 Å². The molecule has 2 N–H and O–H groups in total. The van der Waals surface area contributed by atoms with Crippen molar-refractivity contribution in [2.45, 2.75) is 38.6 Å². The number of ether oxygens (including phenoxy) is 1. The van der Waals surface area contributed by atoms with Crippen molar-refractivity contribution in [3.8, 4) is 0 Å². The average Bonchev–Trinajstić information content (AvgIpc) is 2.66. The normalized spacial score (nSPS) is 17.2. The summed E-state index contributed by atoms with van der Waals surface area (Å²) in [5.41, 5.74) is -0.902. The average molecular weight is 285 g/mol. The van der Waals surface area contributed by atoms with E-state index in [1.165, 1.54) is 4.90 Å². The number of imide groups is 1. The second-order valence-corrected chi connectivity index (χ2v) is 4.78. The molecule has 1 saturated heterocycles. The molecule has 0 radical (unpaired) electrons. The maximum absolute atomic E-state index is 11.9. The third kappa shape index (κ3) is 3.27. The quantitative estimate of drug-likeness (QED) is 0.494. The minimum atomic E-state index is -0.902. The first-order chi connectivity index (χ1) is 9.51. The van der Waals surface area contributed by atoms with Gasteiger partial charge in [0.2, 0.25) is 5.91 Å². The Morgan fingerprint density at radius 2 is 2.00 bits per heavy atom. The van der Waals surface area contributed by atoms with Crippen LogP contribution >= 0.6 is 0 Å². The molecule has 0 aromatic rings. The van der Waals surface area contributed by atoms with Gasteiger partial charge in [0.1, 0.15) is 12.1 Å². The molecular formula is C13H23N3O4. The first-order valence-corrected chi connectivity index (χ1v) is 6.90. The maximum atomic E-state index is 11.9. The minimum absolute atomic E-state index is 0.105. The number of carbonyl (C=O) groups is 3. The monoisotopic (exact) mass is 285 g/mol. The highest BCUT2D eigenvalue weighted by Gasteiger charge is 2.50. The molecule has 4 amide bonds. The van der Waals surface area contributed by atoms with E-state index in [1.807, 2.05) is 13.8 Å². The highest BCUT2D eigenvalue weighted by atomic mass is 16.5. The first kappa shape index (κ1) is 16.4. The standard InChI is InChI=1S/C13H23N3O4/c1-4-13(5-2)11(18)15-12(19)16(13)9-10(17)14-7-6-8-20-3/h4-9H2,1-3H3,(H,14,17)(H,15,18,19). The predicted molar refractivity (Wildman–Crippen MR) is 73.1 cm³/mol. The van der Waals surface area contributed by atoms with Gasteiger partial charge in [-0.3, -0.25) is 14.9 Å². The zero-order chi connectivity index (χ0) is 15.2. The van der Waals surface area contributed by atoms with E-state index < -0.39 is 11.6 Å². The molecule has 1 aliphatic heterocycles. The number of carbonyl (C=O) groups excluding carboxylic acids is 3. The third-order valence-electron chi connectivity index (χ3n) is 3.72. The van der Waals surface area contributed by atoms with Crippen LogP contribution in [-0.4, -0.2) is 55.1 Å². The van der Waals surface area contributed by atoms with Gasteiger partial charge in [-0.15, -0.1) is 0 Å². The van der Waals surface area contributed by atoms with Crippen molar-refractivity contribution in [1.29, 1.82) is 0 Å². The zero-order valence-corrected chi connectivity index (χ0v) is 12.3. The van der Waals surface area contributed by atoms with E-state index in [0.29, 0.717) is 32.4 Å². The molecule has 0 saturated carbocycles. The van der Waals surface area contributed by atoms with E-state index >= 15 is 0 Å². The molecular weight excluding hydrogens is 262 g/mol. The highest BCUT2D eigenvalue weighted by molar-refractivity contribution is 6.08. The minimum Gasteiger partial charge on any atom is -0.385 e. The smallest absolute Gasteiger partial charge is 0.325 e. The molecule has 1 heterocycles. The molecule has 0 spiro atoms. The lowest BCUT2D eigenvalue weighted by Gasteiger charge is -2.32. The highest BCUT2D eigenvalue weighted by Crippen LogP contribution is 2.28. The summed E-state index contributed by atoms with van der Waals surface area (Å²) in [7, 11) is 1.60. The first-order valence-electron chi connectivity index (χ1n) is 6.90. The van der Waals surface area contributed by atoms with Crippen molar-refractivity contribution in [2.75, 3.05) is 26.8 Å². The van der Waals surface area contributed by atoms with Gasteiger partial charge in [0.25, 0.3) is 5.91 Å². The fourth-order valence-electron chi connectivity index (χ4n) is 2.42. The van der Waals surface area contributed by atoms with E-state index in [-0.39, 0.29) is 18.4 Å². The van der Waals surface area contributed by atoms with Gasteiger partial charge in [-0.2, -0.15) is 0 Å². The van der Waals surface area contributed by atoms with E-state index in [1.54, 1.807) is 7.11 Å². The molecule has 0 bridgehead atoms. The van der Waals surface area contributed by atoms with Gasteiger partial charge in [0.05, 0.1) is 0 Å². The Bertz CT molecular complexity index is 380. The maximum Gasteiger partial charge on any atom is 0.325 e. The molecule has 7 heteroatoms. The lowest BCUT2D eigenvalue weighted by Crippen LogP contribution is -2.52. The van der Waals surface area contributed by atoms with Crippen LogP contribution in [0.25, 0.3) is 0 Å². The summed E-state index contributed by atoms with van der Waals surface area (Å²) in [6, 6.07) is -0.495. The summed E-state index contributed by atoms with van der Waals surface area (Å²) < 4.78 is 4.89. The number of rotatable bonds is 8. The predicted octanol–water partition coefficient (Wildman–Crippen LogP) is 0.250. The second kappa shape index (κ2) is 7.23. The summed E-state index contributed by atoms with van der Waals surface area (Å²) in [6.07, 6.45) is 1.68. The number of urea groups is 1. The van der Waals surface area contributed by atoms with Gasteiger partial charge >= 0.3 is 6.03 Å². The summed E-state index contributed by atoms with van der Waals surface area (Å²) in [5.74, 6) is -0.586. The van der Waals surface area contributed by atoms with E-state index in [4.69, 9.17) is 4.74 Å². The van der Waals surface area contributed by atoms with Crippen LogP contribution in [0.3, 0.4) is 0 Å². The van der Waals surface area contributed by atoms with Gasteiger partial charge in [0, 0.05) is 20.3 Å². The number of amides is 4. The molecule has 7 nitrogen and oxygen atoms in total. The lowest BCUT2D eigenvalue weighted by molar-refractivity contribution is -0.129. The Balaban J connectivity index is 2.62. The summed E-state index contributed by atoms with van der Waals surface area (Å²) in [6.45, 7) is 4.63. The van der Waals surface area contributed by atoms with Gasteiger partial charge in [-0.1, -0.05) is 13.8 Å². The Labute approximate surface area is 119 Å². The topological polar surface area (TPSA) is 87.7 Å². The number of hydrogen-bond donors (Lipinski definition) is 2. The van der Waals surface area contributed by atoms with Crippen molar-refractivity contribution < 1.29 is 19.1 Å². The van der Waals surface area contributed by atoms with Gasteiger partial charge in [-0.05, 0) is 19.3 Å². The van der Waals surface area contributed by atoms with Crippen LogP contribution in [0.5, 0.6) is 0 Å². The number of nitrogens with one attached hydrogen (secondary N) is 2. The number of nitrogens with zero attached hydrogens (tertiary/aromatic N) is 1. The molecule has 0 aromatic heterocycles. The van der Waals surface area contributed by atoms with E-state index in [0.717, 1.165) is 0 Å². The van der Waals surface area contributed by atoms with E-state index in [9.17, 15) is 14.4 Å². The number of methoxy groups -OCH3 is 1. The molecule has 0 atom stereocenters. The molecule has 20 heavy (non-hydrogen) atoms. The molecule has 0 unspecified atom stereocenters. The summed E-state index contributed by atoms with van der Waals surface area (Å²) in [5, 5.41) is 5.00.